The Bertz CT molecular complexity index is 855. The van der Waals surface area contributed by atoms with Gasteiger partial charge in [0.15, 0.2) is 6.17 Å². The Morgan fingerprint density at radius 1 is 1.19 bits per heavy atom. The molecule has 10 heteroatoms. The number of likely N-dealkylation sites (tertiary alicyclic amines) is 1. The Morgan fingerprint density at radius 2 is 1.78 bits per heavy atom. The zero-order valence-corrected chi connectivity index (χ0v) is 19.0. The van der Waals surface area contributed by atoms with Gasteiger partial charge in [0.2, 0.25) is 5.91 Å². The third-order valence-electron chi connectivity index (χ3n) is 6.19. The van der Waals surface area contributed by atoms with Crippen LogP contribution in [-0.4, -0.2) is 65.7 Å². The first kappa shape index (κ1) is 25.3. The topological polar surface area (TPSA) is 122 Å². The molecule has 1 unspecified atom stereocenters. The molecule has 0 spiro atoms. The summed E-state index contributed by atoms with van der Waals surface area (Å²) in [6, 6.07) is 5.56. The number of hydrogen-bond acceptors (Lipinski definition) is 7. The summed E-state index contributed by atoms with van der Waals surface area (Å²) in [5.41, 5.74) is 0.173. The number of β-lactam (4-membered cyclic amide) rings is 1. The number of hydrogen-bond donors (Lipinski definition) is 0. The summed E-state index contributed by atoms with van der Waals surface area (Å²) in [6.07, 6.45) is -0.109. The van der Waals surface area contributed by atoms with Crippen LogP contribution in [0.1, 0.15) is 39.2 Å². The van der Waals surface area contributed by atoms with Gasteiger partial charge in [-0.05, 0) is 44.9 Å². The van der Waals surface area contributed by atoms with Gasteiger partial charge in [-0.1, -0.05) is 5.76 Å². The third-order valence-corrected chi connectivity index (χ3v) is 6.19. The van der Waals surface area contributed by atoms with E-state index in [0.29, 0.717) is 10.0 Å². The van der Waals surface area contributed by atoms with Crippen molar-refractivity contribution in [3.8, 4) is 0 Å². The van der Waals surface area contributed by atoms with Crippen molar-refractivity contribution in [1.82, 2.24) is 4.90 Å². The minimum absolute atomic E-state index is 0.0562. The molecular formula is C22H31N3O7. The molecule has 1 aliphatic heterocycles. The summed E-state index contributed by atoms with van der Waals surface area (Å²) in [5.74, 6) is -1.69. The molecule has 1 aliphatic rings. The molecule has 10 nitrogen and oxygen atoms in total. The lowest BCUT2D eigenvalue weighted by molar-refractivity contribution is -0.958. The lowest BCUT2D eigenvalue weighted by Gasteiger charge is -2.53. The van der Waals surface area contributed by atoms with Crippen LogP contribution in [0.3, 0.4) is 0 Å². The number of esters is 1. The second-order valence-corrected chi connectivity index (χ2v) is 7.63. The summed E-state index contributed by atoms with van der Waals surface area (Å²) in [6.45, 7) is 8.24. The highest BCUT2D eigenvalue weighted by molar-refractivity contribution is 5.97. The molecule has 32 heavy (non-hydrogen) atoms. The highest BCUT2D eigenvalue weighted by Gasteiger charge is 2.52. The summed E-state index contributed by atoms with van der Waals surface area (Å²) >= 11 is 0. The molecule has 0 saturated carbocycles. The Kier molecular flexibility index (Phi) is 8.73. The molecule has 0 aromatic heterocycles. The van der Waals surface area contributed by atoms with Gasteiger partial charge in [-0.25, -0.2) is 4.79 Å². The van der Waals surface area contributed by atoms with Gasteiger partial charge in [-0.15, -0.1) is 0 Å². The van der Waals surface area contributed by atoms with Crippen LogP contribution in [0.15, 0.2) is 35.7 Å². The van der Waals surface area contributed by atoms with E-state index >= 15 is 0 Å². The number of carbonyl (C=O) groups is 2. The number of rotatable bonds is 12. The Balaban J connectivity index is 2.29. The zero-order valence-electron chi connectivity index (χ0n) is 19.0. The lowest BCUT2D eigenvalue weighted by atomic mass is 10.0. The van der Waals surface area contributed by atoms with E-state index in [9.17, 15) is 24.8 Å². The zero-order chi connectivity index (χ0) is 23.9. The molecule has 1 heterocycles. The van der Waals surface area contributed by atoms with Gasteiger partial charge in [-0.3, -0.25) is 19.8 Å². The van der Waals surface area contributed by atoms with Crippen LogP contribution in [0, 0.1) is 10.1 Å². The van der Waals surface area contributed by atoms with Gasteiger partial charge in [-0.2, -0.15) is 0 Å². The fourth-order valence-corrected chi connectivity index (χ4v) is 4.01. The fraction of sp³-hybridized carbons (Fsp3) is 0.545. The molecule has 0 radical (unpaired) electrons. The molecule has 0 aliphatic carbocycles. The van der Waals surface area contributed by atoms with Crippen molar-refractivity contribution in [2.24, 2.45) is 0 Å². The molecule has 1 aromatic carbocycles. The third kappa shape index (κ3) is 5.25. The van der Waals surface area contributed by atoms with Gasteiger partial charge in [0.1, 0.15) is 18.7 Å². The number of non-ortho nitro benzene ring substituents is 1. The highest BCUT2D eigenvalue weighted by Crippen LogP contribution is 2.34. The van der Waals surface area contributed by atoms with Crippen LogP contribution in [0.25, 0.3) is 0 Å². The molecule has 2 rings (SSSR count). The van der Waals surface area contributed by atoms with Crippen LogP contribution in [0.5, 0.6) is 0 Å². The molecule has 1 fully saturated rings. The normalized spacial score (nSPS) is 16.9. The highest BCUT2D eigenvalue weighted by atomic mass is 16.6. The van der Waals surface area contributed by atoms with E-state index in [0.717, 1.165) is 19.6 Å². The van der Waals surface area contributed by atoms with Crippen molar-refractivity contribution in [1.29, 1.82) is 0 Å². The molecule has 1 saturated heterocycles. The Hall–Kier alpha value is -2.98. The van der Waals surface area contributed by atoms with Crippen molar-refractivity contribution < 1.29 is 33.6 Å². The number of methoxy groups -OCH3 is 1. The average molecular weight is 450 g/mol. The first-order chi connectivity index (χ1) is 15.2. The minimum atomic E-state index is -0.885. The van der Waals surface area contributed by atoms with Crippen LogP contribution in [-0.2, 0) is 25.7 Å². The van der Waals surface area contributed by atoms with E-state index in [1.54, 1.807) is 0 Å². The lowest BCUT2D eigenvalue weighted by Crippen LogP contribution is -2.70. The number of amides is 1. The van der Waals surface area contributed by atoms with Gasteiger partial charge in [0.05, 0.1) is 24.6 Å². The summed E-state index contributed by atoms with van der Waals surface area (Å²) in [7, 11) is 1.45. The maximum absolute atomic E-state index is 13.0. The van der Waals surface area contributed by atoms with Crippen LogP contribution >= 0.6 is 0 Å². The molecular weight excluding hydrogens is 418 g/mol. The summed E-state index contributed by atoms with van der Waals surface area (Å²) in [5, 5.41) is 23.7. The van der Waals surface area contributed by atoms with Crippen LogP contribution in [0.4, 0.5) is 5.69 Å². The number of carbonyl (C=O) groups excluding carboxylic acids is 2. The number of nitrogens with zero attached hydrogens (tertiary/aromatic N) is 3. The van der Waals surface area contributed by atoms with Crippen molar-refractivity contribution in [2.45, 2.75) is 46.4 Å². The molecule has 1 aromatic rings. The molecule has 1 amide bonds. The van der Waals surface area contributed by atoms with Crippen molar-refractivity contribution in [3.63, 3.8) is 0 Å². The standard InChI is InChI=1S/C22H31N3O7/c1-5-25(6-2,7-3)19-14-20(27)23(19)21(18(26)12-13-31-4)22(28)32-15-16-8-10-17(11-9-16)24(29)30/h8-11,19H,5-7,12-15H2,1-4H3. The predicted molar refractivity (Wildman–Crippen MR) is 114 cm³/mol. The number of nitro benzene ring substituents is 1. The predicted octanol–water partition coefficient (Wildman–Crippen LogP) is 1.68. The van der Waals surface area contributed by atoms with Gasteiger partial charge >= 0.3 is 5.97 Å². The Morgan fingerprint density at radius 3 is 2.25 bits per heavy atom. The first-order valence-electron chi connectivity index (χ1n) is 10.7. The van der Waals surface area contributed by atoms with Crippen LogP contribution in [0.2, 0.25) is 0 Å². The van der Waals surface area contributed by atoms with E-state index in [4.69, 9.17) is 9.47 Å². The smallest absolute Gasteiger partial charge is 0.354 e. The number of nitro groups is 1. The van der Waals surface area contributed by atoms with Gasteiger partial charge < -0.3 is 19.1 Å². The summed E-state index contributed by atoms with van der Waals surface area (Å²) < 4.78 is 10.9. The van der Waals surface area contributed by atoms with Gasteiger partial charge in [0.25, 0.3) is 5.69 Å². The first-order valence-corrected chi connectivity index (χ1v) is 10.7. The largest absolute Gasteiger partial charge is 0.874 e. The molecule has 1 atom stereocenters. The maximum atomic E-state index is 13.0. The van der Waals surface area contributed by atoms with E-state index in [2.05, 4.69) is 0 Å². The maximum Gasteiger partial charge on any atom is 0.354 e. The van der Waals surface area contributed by atoms with E-state index in [-0.39, 0.29) is 49.5 Å². The molecule has 0 bridgehead atoms. The second kappa shape index (κ2) is 11.1. The van der Waals surface area contributed by atoms with E-state index in [1.165, 1.54) is 36.3 Å². The Labute approximate surface area is 187 Å². The number of ether oxygens (including phenoxy) is 2. The van der Waals surface area contributed by atoms with E-state index in [1.807, 2.05) is 20.8 Å². The molecule has 0 N–H and O–H groups in total. The van der Waals surface area contributed by atoms with Crippen LogP contribution < -0.4 is 5.11 Å². The fourth-order valence-electron chi connectivity index (χ4n) is 4.01. The SMILES string of the molecule is CC[N+](CC)(CC)C1CC(=O)N1/C(C(=O)OCc1ccc([N+](=O)[O-])cc1)=C(/[O-])CCOC. The summed E-state index contributed by atoms with van der Waals surface area (Å²) in [4.78, 5) is 37.1. The second-order valence-electron chi connectivity index (χ2n) is 7.63. The van der Waals surface area contributed by atoms with Crippen molar-refractivity contribution in [2.75, 3.05) is 33.4 Å². The number of quaternary nitrogens is 1. The minimum Gasteiger partial charge on any atom is -0.874 e. The van der Waals surface area contributed by atoms with E-state index < -0.39 is 16.7 Å². The average Bonchev–Trinajstić information content (AvgIpc) is 2.80. The number of benzene rings is 1. The monoisotopic (exact) mass is 449 g/mol. The van der Waals surface area contributed by atoms with Crippen molar-refractivity contribution in [3.05, 3.63) is 51.4 Å². The molecule has 176 valence electrons. The quantitative estimate of drug-likeness (QED) is 0.0905. The van der Waals surface area contributed by atoms with Crippen molar-refractivity contribution >= 4 is 17.6 Å². The van der Waals surface area contributed by atoms with Gasteiger partial charge in [0, 0.05) is 25.8 Å².